The van der Waals surface area contributed by atoms with Crippen LogP contribution in [-0.2, 0) is 11.3 Å². The summed E-state index contributed by atoms with van der Waals surface area (Å²) in [6.45, 7) is 1.92. The van der Waals surface area contributed by atoms with E-state index in [2.05, 4.69) is 4.98 Å². The van der Waals surface area contributed by atoms with Gasteiger partial charge in [-0.15, -0.1) is 0 Å². The molecule has 1 heterocycles. The Hall–Kier alpha value is -2.89. The summed E-state index contributed by atoms with van der Waals surface area (Å²) in [5, 5.41) is 8.61. The van der Waals surface area contributed by atoms with Gasteiger partial charge in [0, 0.05) is 17.8 Å². The summed E-state index contributed by atoms with van der Waals surface area (Å²) in [5.74, 6) is -1.02. The Labute approximate surface area is 120 Å². The van der Waals surface area contributed by atoms with Gasteiger partial charge in [0.2, 0.25) is 0 Å². The largest absolute Gasteiger partial charge is 0.478 e. The number of aryl methyl sites for hydroxylation is 1. The van der Waals surface area contributed by atoms with Crippen LogP contribution in [0.1, 0.15) is 16.7 Å². The first-order valence-electron chi connectivity index (χ1n) is 6.26. The second-order valence-electron chi connectivity index (χ2n) is 4.62. The average molecular weight is 286 g/mol. The number of hydrogen-bond acceptors (Lipinski definition) is 3. The Morgan fingerprint density at radius 3 is 2.86 bits per heavy atom. The van der Waals surface area contributed by atoms with Gasteiger partial charge in [-0.25, -0.2) is 9.59 Å². The molecule has 0 aliphatic heterocycles. The molecule has 2 N–H and O–H groups in total. The van der Waals surface area contributed by atoms with Crippen LogP contribution in [0.25, 0.3) is 6.08 Å². The van der Waals surface area contributed by atoms with E-state index in [0.29, 0.717) is 12.1 Å². The van der Waals surface area contributed by atoms with Crippen LogP contribution >= 0.6 is 0 Å². The molecule has 0 saturated heterocycles. The second kappa shape index (κ2) is 6.04. The molecule has 1 aromatic heterocycles. The third kappa shape index (κ3) is 3.79. The van der Waals surface area contributed by atoms with Crippen molar-refractivity contribution < 1.29 is 9.90 Å². The van der Waals surface area contributed by atoms with Gasteiger partial charge in [0.25, 0.3) is 5.56 Å². The van der Waals surface area contributed by atoms with E-state index in [0.717, 1.165) is 17.2 Å². The van der Waals surface area contributed by atoms with E-state index in [1.807, 2.05) is 6.07 Å². The summed E-state index contributed by atoms with van der Waals surface area (Å²) >= 11 is 0. The summed E-state index contributed by atoms with van der Waals surface area (Å²) < 4.78 is 1.40. The molecule has 6 nitrogen and oxygen atoms in total. The van der Waals surface area contributed by atoms with Gasteiger partial charge >= 0.3 is 11.7 Å². The minimum atomic E-state index is -1.02. The molecule has 2 aromatic rings. The molecule has 2 rings (SSSR count). The maximum atomic E-state index is 11.7. The summed E-state index contributed by atoms with van der Waals surface area (Å²) in [6, 6.07) is 7.15. The number of aromatic nitrogens is 2. The zero-order valence-electron chi connectivity index (χ0n) is 11.4. The molecular weight excluding hydrogens is 272 g/mol. The van der Waals surface area contributed by atoms with Crippen molar-refractivity contribution in [3.63, 3.8) is 0 Å². The lowest BCUT2D eigenvalue weighted by Gasteiger charge is -2.07. The lowest BCUT2D eigenvalue weighted by atomic mass is 10.1. The molecule has 0 unspecified atom stereocenters. The van der Waals surface area contributed by atoms with Crippen molar-refractivity contribution in [1.29, 1.82) is 0 Å². The third-order valence-electron chi connectivity index (χ3n) is 2.91. The molecule has 0 radical (unpaired) electrons. The highest BCUT2D eigenvalue weighted by molar-refractivity contribution is 5.85. The van der Waals surface area contributed by atoms with Gasteiger partial charge in [0.05, 0.1) is 6.54 Å². The van der Waals surface area contributed by atoms with E-state index >= 15 is 0 Å². The van der Waals surface area contributed by atoms with Crippen molar-refractivity contribution >= 4 is 12.0 Å². The highest BCUT2D eigenvalue weighted by Crippen LogP contribution is 2.08. The SMILES string of the molecule is Cc1cn(Cc2cccc(C=CC(=O)O)c2)c(=O)[nH]c1=O. The monoisotopic (exact) mass is 286 g/mol. The van der Waals surface area contributed by atoms with Crippen LogP contribution in [-0.4, -0.2) is 20.6 Å². The summed E-state index contributed by atoms with van der Waals surface area (Å²) in [6.07, 6.45) is 4.03. The van der Waals surface area contributed by atoms with E-state index in [9.17, 15) is 14.4 Å². The second-order valence-corrected chi connectivity index (χ2v) is 4.62. The Bertz CT molecular complexity index is 815. The van der Waals surface area contributed by atoms with Crippen LogP contribution in [0.4, 0.5) is 0 Å². The van der Waals surface area contributed by atoms with Crippen LogP contribution in [0.5, 0.6) is 0 Å². The van der Waals surface area contributed by atoms with Gasteiger partial charge in [0.15, 0.2) is 0 Å². The van der Waals surface area contributed by atoms with Crippen LogP contribution in [0.3, 0.4) is 0 Å². The van der Waals surface area contributed by atoms with E-state index in [1.165, 1.54) is 16.8 Å². The number of H-pyrrole nitrogens is 1. The van der Waals surface area contributed by atoms with Gasteiger partial charge < -0.3 is 5.11 Å². The minimum absolute atomic E-state index is 0.297. The van der Waals surface area contributed by atoms with Gasteiger partial charge in [-0.3, -0.25) is 14.3 Å². The van der Waals surface area contributed by atoms with Crippen LogP contribution in [0.2, 0.25) is 0 Å². The Morgan fingerprint density at radius 2 is 2.14 bits per heavy atom. The van der Waals surface area contributed by atoms with Gasteiger partial charge in [-0.05, 0) is 30.2 Å². The highest BCUT2D eigenvalue weighted by atomic mass is 16.4. The topological polar surface area (TPSA) is 92.2 Å². The van der Waals surface area contributed by atoms with Crippen molar-refractivity contribution in [1.82, 2.24) is 9.55 Å². The van der Waals surface area contributed by atoms with Gasteiger partial charge in [0.1, 0.15) is 0 Å². The molecular formula is C15H14N2O4. The highest BCUT2D eigenvalue weighted by Gasteiger charge is 2.02. The molecule has 0 atom stereocenters. The molecule has 1 aromatic carbocycles. The quantitative estimate of drug-likeness (QED) is 0.820. The summed E-state index contributed by atoms with van der Waals surface area (Å²) in [5.41, 5.74) is 1.14. The first-order valence-corrected chi connectivity index (χ1v) is 6.26. The van der Waals surface area contributed by atoms with Crippen molar-refractivity contribution in [3.8, 4) is 0 Å². The molecule has 0 saturated carbocycles. The lowest BCUT2D eigenvalue weighted by molar-refractivity contribution is -0.131. The van der Waals surface area contributed by atoms with E-state index in [-0.39, 0.29) is 0 Å². The number of carboxylic acids is 1. The number of carboxylic acid groups (broad SMARTS) is 1. The smallest absolute Gasteiger partial charge is 0.328 e. The maximum Gasteiger partial charge on any atom is 0.328 e. The number of carbonyl (C=O) groups is 1. The van der Waals surface area contributed by atoms with E-state index < -0.39 is 17.2 Å². The molecule has 0 fully saturated rings. The first-order chi connectivity index (χ1) is 9.95. The number of nitrogens with zero attached hydrogens (tertiary/aromatic N) is 1. The van der Waals surface area contributed by atoms with E-state index in [4.69, 9.17) is 5.11 Å². The number of nitrogens with one attached hydrogen (secondary N) is 1. The average Bonchev–Trinajstić information content (AvgIpc) is 2.43. The molecule has 0 amide bonds. The molecule has 0 aliphatic rings. The first kappa shape index (κ1) is 14.5. The third-order valence-corrected chi connectivity index (χ3v) is 2.91. The Kier molecular flexibility index (Phi) is 4.18. The summed E-state index contributed by atoms with van der Waals surface area (Å²) in [4.78, 5) is 35.8. The van der Waals surface area contributed by atoms with E-state index in [1.54, 1.807) is 25.1 Å². The minimum Gasteiger partial charge on any atom is -0.478 e. The Balaban J connectivity index is 2.30. The van der Waals surface area contributed by atoms with Crippen LogP contribution < -0.4 is 11.2 Å². The van der Waals surface area contributed by atoms with Crippen molar-refractivity contribution in [2.45, 2.75) is 13.5 Å². The standard InChI is InChI=1S/C15H14N2O4/c1-10-8-17(15(21)16-14(10)20)9-12-4-2-3-11(7-12)5-6-13(18)19/h2-8H,9H2,1H3,(H,18,19)(H,16,20,21). The predicted octanol–water partition coefficient (Wildman–Crippen LogP) is 0.991. The number of benzene rings is 1. The lowest BCUT2D eigenvalue weighted by Crippen LogP contribution is -2.31. The fourth-order valence-electron chi connectivity index (χ4n) is 1.90. The zero-order chi connectivity index (χ0) is 15.4. The van der Waals surface area contributed by atoms with Gasteiger partial charge in [-0.2, -0.15) is 0 Å². The molecule has 0 spiro atoms. The van der Waals surface area contributed by atoms with Crippen LogP contribution in [0, 0.1) is 6.92 Å². The molecule has 0 bridgehead atoms. The zero-order valence-corrected chi connectivity index (χ0v) is 11.4. The van der Waals surface area contributed by atoms with Crippen LogP contribution in [0.15, 0.2) is 46.1 Å². The fraction of sp³-hybridized carbons (Fsp3) is 0.133. The fourth-order valence-corrected chi connectivity index (χ4v) is 1.90. The summed E-state index contributed by atoms with van der Waals surface area (Å²) in [7, 11) is 0. The molecule has 108 valence electrons. The molecule has 0 aliphatic carbocycles. The van der Waals surface area contributed by atoms with Gasteiger partial charge in [-0.1, -0.05) is 18.2 Å². The normalized spacial score (nSPS) is 10.9. The van der Waals surface area contributed by atoms with Crippen molar-refractivity contribution in [2.24, 2.45) is 0 Å². The predicted molar refractivity (Wildman–Crippen MR) is 78.3 cm³/mol. The van der Waals surface area contributed by atoms with Crippen molar-refractivity contribution in [2.75, 3.05) is 0 Å². The number of hydrogen-bond donors (Lipinski definition) is 2. The number of aliphatic carboxylic acids is 1. The Morgan fingerprint density at radius 1 is 1.38 bits per heavy atom. The number of rotatable bonds is 4. The maximum absolute atomic E-state index is 11.7. The molecule has 6 heteroatoms. The number of aromatic amines is 1. The van der Waals surface area contributed by atoms with Crippen molar-refractivity contribution in [3.05, 3.63) is 74.1 Å². The molecule has 21 heavy (non-hydrogen) atoms.